The van der Waals surface area contributed by atoms with Gasteiger partial charge in [-0.15, -0.1) is 0 Å². The summed E-state index contributed by atoms with van der Waals surface area (Å²) in [7, 11) is 1.66. The molecule has 1 heterocycles. The third-order valence-electron chi connectivity index (χ3n) is 3.20. The number of carbonyl (C=O) groups excluding carboxylic acids is 2. The van der Waals surface area contributed by atoms with Crippen molar-refractivity contribution in [1.82, 2.24) is 10.2 Å². The maximum atomic E-state index is 12.2. The third-order valence-corrected chi connectivity index (χ3v) is 3.20. The fourth-order valence-corrected chi connectivity index (χ4v) is 2.26. The van der Waals surface area contributed by atoms with Crippen LogP contribution in [0, 0.1) is 0 Å². The zero-order valence-corrected chi connectivity index (χ0v) is 11.3. The summed E-state index contributed by atoms with van der Waals surface area (Å²) in [6, 6.07) is 7.62. The number of anilines is 1. The summed E-state index contributed by atoms with van der Waals surface area (Å²) in [5, 5.41) is 5.88. The summed E-state index contributed by atoms with van der Waals surface area (Å²) in [6.45, 7) is 2.53. The second-order valence-corrected chi connectivity index (χ2v) is 4.71. The first-order valence-corrected chi connectivity index (χ1v) is 6.48. The minimum atomic E-state index is -0.267. The van der Waals surface area contributed by atoms with Crippen LogP contribution in [0.2, 0.25) is 0 Å². The molecule has 1 aliphatic rings. The van der Waals surface area contributed by atoms with E-state index >= 15 is 0 Å². The normalized spacial score (nSPS) is 16.4. The molecule has 102 valence electrons. The Morgan fingerprint density at radius 3 is 2.84 bits per heavy atom. The van der Waals surface area contributed by atoms with Gasteiger partial charge in [0.15, 0.2) is 0 Å². The first kappa shape index (κ1) is 13.4. The van der Waals surface area contributed by atoms with Gasteiger partial charge in [0.05, 0.1) is 6.54 Å². The van der Waals surface area contributed by atoms with Crippen LogP contribution in [0.25, 0.3) is 0 Å². The molecule has 1 unspecified atom stereocenters. The number of para-hydroxylation sites is 1. The maximum Gasteiger partial charge on any atom is 0.245 e. The van der Waals surface area contributed by atoms with Crippen LogP contribution in [0.4, 0.5) is 5.69 Å². The van der Waals surface area contributed by atoms with E-state index in [9.17, 15) is 9.59 Å². The monoisotopic (exact) mass is 261 g/mol. The van der Waals surface area contributed by atoms with E-state index < -0.39 is 0 Å². The van der Waals surface area contributed by atoms with Crippen LogP contribution in [0.3, 0.4) is 0 Å². The standard InChI is InChI=1S/C14H19N3O2/c1-3-15-13(18)9-17(2)14(19)12-8-10-6-4-5-7-11(10)16-12/h4-7,12,16H,3,8-9H2,1-2H3,(H,15,18). The molecule has 5 nitrogen and oxygen atoms in total. The van der Waals surface area contributed by atoms with E-state index in [-0.39, 0.29) is 24.4 Å². The van der Waals surface area contributed by atoms with Crippen molar-refractivity contribution in [3.05, 3.63) is 29.8 Å². The Morgan fingerprint density at radius 2 is 2.16 bits per heavy atom. The lowest BCUT2D eigenvalue weighted by Crippen LogP contribution is -2.44. The molecule has 0 saturated carbocycles. The molecule has 2 N–H and O–H groups in total. The van der Waals surface area contributed by atoms with Crippen molar-refractivity contribution >= 4 is 17.5 Å². The van der Waals surface area contributed by atoms with Crippen LogP contribution in [-0.2, 0) is 16.0 Å². The van der Waals surface area contributed by atoms with Gasteiger partial charge in [0, 0.05) is 25.7 Å². The molecule has 19 heavy (non-hydrogen) atoms. The van der Waals surface area contributed by atoms with Gasteiger partial charge in [-0.2, -0.15) is 0 Å². The molecule has 5 heteroatoms. The van der Waals surface area contributed by atoms with Crippen molar-refractivity contribution in [2.24, 2.45) is 0 Å². The van der Waals surface area contributed by atoms with E-state index in [2.05, 4.69) is 10.6 Å². The van der Waals surface area contributed by atoms with Crippen LogP contribution in [-0.4, -0.2) is 42.9 Å². The average molecular weight is 261 g/mol. The Labute approximate surface area is 113 Å². The fraction of sp³-hybridized carbons (Fsp3) is 0.429. The summed E-state index contributed by atoms with van der Waals surface area (Å²) in [5.41, 5.74) is 2.15. The smallest absolute Gasteiger partial charge is 0.245 e. The van der Waals surface area contributed by atoms with Gasteiger partial charge < -0.3 is 15.5 Å². The van der Waals surface area contributed by atoms with Gasteiger partial charge in [-0.1, -0.05) is 18.2 Å². The Balaban J connectivity index is 1.93. The van der Waals surface area contributed by atoms with Gasteiger partial charge in [0.25, 0.3) is 0 Å². The van der Waals surface area contributed by atoms with E-state index in [4.69, 9.17) is 0 Å². The Kier molecular flexibility index (Phi) is 4.04. The Bertz CT molecular complexity index is 462. The van der Waals surface area contributed by atoms with E-state index in [1.54, 1.807) is 7.05 Å². The number of benzene rings is 1. The summed E-state index contributed by atoms with van der Waals surface area (Å²) in [6.07, 6.45) is 0.675. The second kappa shape index (κ2) is 5.73. The van der Waals surface area contributed by atoms with Crippen LogP contribution in [0.5, 0.6) is 0 Å². The number of hydrogen-bond acceptors (Lipinski definition) is 3. The predicted octanol–water partition coefficient (Wildman–Crippen LogP) is 0.618. The minimum absolute atomic E-state index is 0.0533. The average Bonchev–Trinajstić information content (AvgIpc) is 2.81. The molecule has 1 aromatic carbocycles. The molecule has 0 bridgehead atoms. The maximum absolute atomic E-state index is 12.2. The zero-order valence-electron chi connectivity index (χ0n) is 11.3. The topological polar surface area (TPSA) is 61.4 Å². The highest BCUT2D eigenvalue weighted by molar-refractivity contribution is 5.90. The largest absolute Gasteiger partial charge is 0.373 e. The van der Waals surface area contributed by atoms with Crippen LogP contribution in [0.1, 0.15) is 12.5 Å². The molecule has 1 atom stereocenters. The van der Waals surface area contributed by atoms with Crippen LogP contribution < -0.4 is 10.6 Å². The van der Waals surface area contributed by atoms with Crippen molar-refractivity contribution in [1.29, 1.82) is 0 Å². The van der Waals surface area contributed by atoms with Crippen molar-refractivity contribution in [3.63, 3.8) is 0 Å². The number of carbonyl (C=O) groups is 2. The van der Waals surface area contributed by atoms with E-state index in [0.717, 1.165) is 11.3 Å². The summed E-state index contributed by atoms with van der Waals surface area (Å²) in [4.78, 5) is 25.2. The molecule has 0 fully saturated rings. The summed E-state index contributed by atoms with van der Waals surface area (Å²) >= 11 is 0. The summed E-state index contributed by atoms with van der Waals surface area (Å²) < 4.78 is 0. The van der Waals surface area contributed by atoms with Crippen LogP contribution >= 0.6 is 0 Å². The molecule has 0 aliphatic carbocycles. The second-order valence-electron chi connectivity index (χ2n) is 4.71. The van der Waals surface area contributed by atoms with Crippen LogP contribution in [0.15, 0.2) is 24.3 Å². The molecule has 0 radical (unpaired) electrons. The van der Waals surface area contributed by atoms with Gasteiger partial charge >= 0.3 is 0 Å². The van der Waals surface area contributed by atoms with E-state index in [0.29, 0.717) is 13.0 Å². The highest BCUT2D eigenvalue weighted by Crippen LogP contribution is 2.25. The molecule has 0 aromatic heterocycles. The molecule has 1 aliphatic heterocycles. The molecular formula is C14H19N3O2. The molecular weight excluding hydrogens is 242 g/mol. The third kappa shape index (κ3) is 3.05. The predicted molar refractivity (Wildman–Crippen MR) is 73.9 cm³/mol. The van der Waals surface area contributed by atoms with E-state index in [1.165, 1.54) is 4.90 Å². The number of nitrogens with one attached hydrogen (secondary N) is 2. The van der Waals surface area contributed by atoms with Gasteiger partial charge in [-0.25, -0.2) is 0 Å². The minimum Gasteiger partial charge on any atom is -0.373 e. The molecule has 2 amide bonds. The van der Waals surface area contributed by atoms with Gasteiger partial charge in [0.2, 0.25) is 11.8 Å². The van der Waals surface area contributed by atoms with Crippen molar-refractivity contribution in [3.8, 4) is 0 Å². The molecule has 2 rings (SSSR count). The SMILES string of the molecule is CCNC(=O)CN(C)C(=O)C1Cc2ccccc2N1. The van der Waals surface area contributed by atoms with Gasteiger partial charge in [0.1, 0.15) is 6.04 Å². The Morgan fingerprint density at radius 1 is 1.42 bits per heavy atom. The van der Waals surface area contributed by atoms with Crippen molar-refractivity contribution < 1.29 is 9.59 Å². The fourth-order valence-electron chi connectivity index (χ4n) is 2.26. The zero-order chi connectivity index (χ0) is 13.8. The van der Waals surface area contributed by atoms with Gasteiger partial charge in [-0.3, -0.25) is 9.59 Å². The number of hydrogen-bond donors (Lipinski definition) is 2. The quantitative estimate of drug-likeness (QED) is 0.835. The Hall–Kier alpha value is -2.04. The highest BCUT2D eigenvalue weighted by atomic mass is 16.2. The van der Waals surface area contributed by atoms with Crippen molar-refractivity contribution in [2.45, 2.75) is 19.4 Å². The highest BCUT2D eigenvalue weighted by Gasteiger charge is 2.29. The van der Waals surface area contributed by atoms with E-state index in [1.807, 2.05) is 31.2 Å². The first-order chi connectivity index (χ1) is 9.11. The van der Waals surface area contributed by atoms with Gasteiger partial charge in [-0.05, 0) is 18.6 Å². The lowest BCUT2D eigenvalue weighted by atomic mass is 10.1. The molecule has 1 aromatic rings. The number of nitrogens with zero attached hydrogens (tertiary/aromatic N) is 1. The first-order valence-electron chi connectivity index (χ1n) is 6.48. The lowest BCUT2D eigenvalue weighted by molar-refractivity contribution is -0.135. The summed E-state index contributed by atoms with van der Waals surface area (Å²) in [5.74, 6) is -0.184. The number of likely N-dealkylation sites (N-methyl/N-ethyl adjacent to an activating group) is 2. The lowest BCUT2D eigenvalue weighted by Gasteiger charge is -2.20. The van der Waals surface area contributed by atoms with Crippen molar-refractivity contribution in [2.75, 3.05) is 25.5 Å². The number of fused-ring (bicyclic) bond motifs is 1. The number of rotatable bonds is 4. The molecule has 0 spiro atoms. The molecule has 0 saturated heterocycles. The number of amides is 2.